The van der Waals surface area contributed by atoms with Crippen molar-refractivity contribution in [1.82, 2.24) is 0 Å². The highest BCUT2D eigenvalue weighted by atomic mass is 16.5. The van der Waals surface area contributed by atoms with Crippen LogP contribution in [0.25, 0.3) is 0 Å². The molecule has 1 aliphatic rings. The van der Waals surface area contributed by atoms with Gasteiger partial charge in [-0.05, 0) is 67.6 Å². The summed E-state index contributed by atoms with van der Waals surface area (Å²) in [7, 11) is 0. The molecule has 2 nitrogen and oxygen atoms in total. The van der Waals surface area contributed by atoms with Crippen molar-refractivity contribution in [3.8, 4) is 5.75 Å². The Balaban J connectivity index is 0.00000218. The average molecular weight is 417 g/mol. The fourth-order valence-corrected chi connectivity index (χ4v) is 5.22. The third kappa shape index (κ3) is 8.08. The molecule has 0 saturated heterocycles. The van der Waals surface area contributed by atoms with Crippen LogP contribution < -0.4 is 4.74 Å². The second-order valence-electron chi connectivity index (χ2n) is 8.76. The Bertz CT molecular complexity index is 552. The normalized spacial score (nSPS) is 17.4. The van der Waals surface area contributed by atoms with Crippen LogP contribution in [0.4, 0.5) is 0 Å². The van der Waals surface area contributed by atoms with Crippen LogP contribution in [0, 0.1) is 17.8 Å². The van der Waals surface area contributed by atoms with Crippen LogP contribution in [-0.4, -0.2) is 5.97 Å². The molecule has 0 radical (unpaired) electrons. The zero-order valence-electron chi connectivity index (χ0n) is 20.7. The lowest BCUT2D eigenvalue weighted by Crippen LogP contribution is -2.35. The van der Waals surface area contributed by atoms with Crippen molar-refractivity contribution in [2.75, 3.05) is 0 Å². The third-order valence-corrected chi connectivity index (χ3v) is 6.82. The maximum absolute atomic E-state index is 13.2. The molecule has 0 aromatic heterocycles. The van der Waals surface area contributed by atoms with Gasteiger partial charge in [0.1, 0.15) is 5.75 Å². The number of hydrogen-bond acceptors (Lipinski definition) is 2. The Morgan fingerprint density at radius 1 is 0.900 bits per heavy atom. The molecule has 1 aromatic carbocycles. The smallest absolute Gasteiger partial charge is 0.314 e. The zero-order chi connectivity index (χ0) is 22.4. The van der Waals surface area contributed by atoms with Crippen molar-refractivity contribution >= 4 is 5.97 Å². The molecule has 1 fully saturated rings. The lowest BCUT2D eigenvalue weighted by molar-refractivity contribution is -0.144. The number of esters is 1. The van der Waals surface area contributed by atoms with Gasteiger partial charge in [-0.1, -0.05) is 92.2 Å². The molecule has 0 spiro atoms. The predicted molar refractivity (Wildman–Crippen MR) is 130 cm³/mol. The summed E-state index contributed by atoms with van der Waals surface area (Å²) in [6, 6.07) is 8.32. The molecule has 2 heteroatoms. The van der Waals surface area contributed by atoms with Crippen molar-refractivity contribution in [1.29, 1.82) is 0 Å². The maximum Gasteiger partial charge on any atom is 0.314 e. The van der Waals surface area contributed by atoms with Crippen LogP contribution in [0.1, 0.15) is 124 Å². The van der Waals surface area contributed by atoms with E-state index in [1.54, 1.807) is 0 Å². The highest BCUT2D eigenvalue weighted by Gasteiger charge is 2.36. The minimum atomic E-state index is 0.0144. The van der Waals surface area contributed by atoms with Gasteiger partial charge < -0.3 is 4.74 Å². The number of benzene rings is 1. The summed E-state index contributed by atoms with van der Waals surface area (Å²) in [6.45, 7) is 13.0. The Labute approximate surface area is 187 Å². The van der Waals surface area contributed by atoms with E-state index in [0.29, 0.717) is 23.5 Å². The van der Waals surface area contributed by atoms with Gasteiger partial charge in [-0.3, -0.25) is 4.79 Å². The van der Waals surface area contributed by atoms with E-state index in [2.05, 4.69) is 39.8 Å². The van der Waals surface area contributed by atoms with E-state index in [0.717, 1.165) is 25.7 Å². The first-order valence-electron chi connectivity index (χ1n) is 13.0. The van der Waals surface area contributed by atoms with E-state index >= 15 is 0 Å². The Hall–Kier alpha value is -1.31. The summed E-state index contributed by atoms with van der Waals surface area (Å²) in [6.07, 6.45) is 13.1. The first-order chi connectivity index (χ1) is 14.6. The predicted octanol–water partition coefficient (Wildman–Crippen LogP) is 8.93. The standard InChI is InChI=1S/C26H42O2.C2H6/c1-5-12-20(7-3)22-16-18-24(19-17-22)28-26(27)25(21(8-4)13-6-2)23-14-10-9-11-15-23;1-2/h16-21,23,25H,5-15H2,1-4H3;1-2H3. The van der Waals surface area contributed by atoms with Crippen molar-refractivity contribution in [3.63, 3.8) is 0 Å². The number of ether oxygens (including phenoxy) is 1. The molecule has 0 N–H and O–H groups in total. The quantitative estimate of drug-likeness (QED) is 0.266. The summed E-state index contributed by atoms with van der Waals surface area (Å²) < 4.78 is 5.95. The van der Waals surface area contributed by atoms with Crippen LogP contribution in [0.2, 0.25) is 0 Å². The highest BCUT2D eigenvalue weighted by Crippen LogP contribution is 2.38. The van der Waals surface area contributed by atoms with Crippen LogP contribution in [-0.2, 0) is 4.79 Å². The van der Waals surface area contributed by atoms with E-state index in [1.165, 1.54) is 50.5 Å². The van der Waals surface area contributed by atoms with Gasteiger partial charge >= 0.3 is 5.97 Å². The second-order valence-corrected chi connectivity index (χ2v) is 8.76. The first-order valence-corrected chi connectivity index (χ1v) is 13.0. The minimum Gasteiger partial charge on any atom is -0.426 e. The van der Waals surface area contributed by atoms with Gasteiger partial charge in [-0.25, -0.2) is 0 Å². The van der Waals surface area contributed by atoms with Crippen LogP contribution in [0.15, 0.2) is 24.3 Å². The fraction of sp³-hybridized carbons (Fsp3) is 0.750. The molecule has 1 saturated carbocycles. The lowest BCUT2D eigenvalue weighted by Gasteiger charge is -2.34. The summed E-state index contributed by atoms with van der Waals surface area (Å²) in [5.41, 5.74) is 1.37. The Morgan fingerprint density at radius 2 is 1.50 bits per heavy atom. The fourth-order valence-electron chi connectivity index (χ4n) is 5.22. The van der Waals surface area contributed by atoms with E-state index in [4.69, 9.17) is 4.74 Å². The minimum absolute atomic E-state index is 0.0144. The van der Waals surface area contributed by atoms with E-state index in [-0.39, 0.29) is 11.9 Å². The van der Waals surface area contributed by atoms with Gasteiger partial charge in [-0.15, -0.1) is 0 Å². The van der Waals surface area contributed by atoms with Gasteiger partial charge in [0, 0.05) is 0 Å². The average Bonchev–Trinajstić information content (AvgIpc) is 2.79. The van der Waals surface area contributed by atoms with Crippen molar-refractivity contribution < 1.29 is 9.53 Å². The largest absolute Gasteiger partial charge is 0.426 e. The maximum atomic E-state index is 13.2. The van der Waals surface area contributed by atoms with Gasteiger partial charge in [0.25, 0.3) is 0 Å². The van der Waals surface area contributed by atoms with Gasteiger partial charge in [0.2, 0.25) is 0 Å². The molecular weight excluding hydrogens is 368 g/mol. The molecular formula is C28H48O2. The SMILES string of the molecule is CC.CCCC(CC)c1ccc(OC(=O)C(C(CC)CCC)C2CCCCC2)cc1. The van der Waals surface area contributed by atoms with Gasteiger partial charge in [-0.2, -0.15) is 0 Å². The van der Waals surface area contributed by atoms with Gasteiger partial charge in [0.15, 0.2) is 0 Å². The molecule has 0 heterocycles. The number of carbonyl (C=O) groups excluding carboxylic acids is 1. The number of carbonyl (C=O) groups is 1. The van der Waals surface area contributed by atoms with Crippen molar-refractivity contribution in [2.45, 2.75) is 118 Å². The summed E-state index contributed by atoms with van der Waals surface area (Å²) in [4.78, 5) is 13.2. The number of hydrogen-bond donors (Lipinski definition) is 0. The van der Waals surface area contributed by atoms with Gasteiger partial charge in [0.05, 0.1) is 5.92 Å². The highest BCUT2D eigenvalue weighted by molar-refractivity contribution is 5.76. The molecule has 172 valence electrons. The summed E-state index contributed by atoms with van der Waals surface area (Å²) in [5, 5.41) is 0. The lowest BCUT2D eigenvalue weighted by atomic mass is 9.72. The van der Waals surface area contributed by atoms with E-state index < -0.39 is 0 Å². The molecule has 0 bridgehead atoms. The molecule has 2 rings (SSSR count). The molecule has 1 aromatic rings. The second kappa shape index (κ2) is 15.5. The summed E-state index contributed by atoms with van der Waals surface area (Å²) in [5.74, 6) is 2.36. The molecule has 1 aliphatic carbocycles. The Morgan fingerprint density at radius 3 is 2.00 bits per heavy atom. The van der Waals surface area contributed by atoms with Crippen LogP contribution in [0.3, 0.4) is 0 Å². The van der Waals surface area contributed by atoms with Crippen LogP contribution >= 0.6 is 0 Å². The Kier molecular flexibility index (Phi) is 13.8. The van der Waals surface area contributed by atoms with E-state index in [1.807, 2.05) is 26.0 Å². The summed E-state index contributed by atoms with van der Waals surface area (Å²) >= 11 is 0. The topological polar surface area (TPSA) is 26.3 Å². The monoisotopic (exact) mass is 416 g/mol. The van der Waals surface area contributed by atoms with E-state index in [9.17, 15) is 4.79 Å². The molecule has 0 amide bonds. The van der Waals surface area contributed by atoms with Crippen molar-refractivity contribution in [3.05, 3.63) is 29.8 Å². The molecule has 3 unspecified atom stereocenters. The number of rotatable bonds is 11. The van der Waals surface area contributed by atoms with Crippen LogP contribution in [0.5, 0.6) is 5.75 Å². The molecule has 0 aliphatic heterocycles. The molecule has 3 atom stereocenters. The third-order valence-electron chi connectivity index (χ3n) is 6.82. The molecule has 30 heavy (non-hydrogen) atoms. The first kappa shape index (κ1) is 26.7. The zero-order valence-corrected chi connectivity index (χ0v) is 20.7. The van der Waals surface area contributed by atoms with Crippen molar-refractivity contribution in [2.24, 2.45) is 17.8 Å².